The first-order valence-corrected chi connectivity index (χ1v) is 8.62. The Morgan fingerprint density at radius 2 is 2.00 bits per heavy atom. The van der Waals surface area contributed by atoms with Crippen LogP contribution in [0.25, 0.3) is 5.65 Å². The number of imidazole rings is 1. The summed E-state index contributed by atoms with van der Waals surface area (Å²) in [5.41, 5.74) is 6.43. The lowest BCUT2D eigenvalue weighted by molar-refractivity contribution is 0.187. The molecule has 2 N–H and O–H groups in total. The van der Waals surface area contributed by atoms with Crippen LogP contribution in [0.15, 0.2) is 36.5 Å². The first-order valence-electron chi connectivity index (χ1n) is 8.62. The minimum Gasteiger partial charge on any atom is -0.453 e. The van der Waals surface area contributed by atoms with Gasteiger partial charge in [0.15, 0.2) is 5.65 Å². The van der Waals surface area contributed by atoms with Gasteiger partial charge >= 0.3 is 6.09 Å². The van der Waals surface area contributed by atoms with E-state index in [2.05, 4.69) is 21.5 Å². The lowest BCUT2D eigenvalue weighted by Gasteiger charge is -2.15. The molecule has 0 spiro atoms. The van der Waals surface area contributed by atoms with Crippen molar-refractivity contribution in [2.24, 2.45) is 0 Å². The number of hydrogen-bond donors (Lipinski definition) is 2. The van der Waals surface area contributed by atoms with E-state index in [0.717, 1.165) is 33.8 Å². The molecule has 0 fully saturated rings. The van der Waals surface area contributed by atoms with Crippen molar-refractivity contribution in [3.05, 3.63) is 59.0 Å². The van der Waals surface area contributed by atoms with Gasteiger partial charge in [-0.3, -0.25) is 5.32 Å². The number of halogens is 1. The van der Waals surface area contributed by atoms with Gasteiger partial charge in [0, 0.05) is 18.4 Å². The van der Waals surface area contributed by atoms with E-state index in [1.54, 1.807) is 0 Å². The van der Waals surface area contributed by atoms with Crippen molar-refractivity contribution in [2.75, 3.05) is 17.7 Å². The summed E-state index contributed by atoms with van der Waals surface area (Å²) in [5.74, 6) is 2.69. The van der Waals surface area contributed by atoms with Crippen molar-refractivity contribution >= 4 is 35.5 Å². The monoisotopic (exact) mass is 398 g/mol. The quantitative estimate of drug-likeness (QED) is 0.627. The summed E-state index contributed by atoms with van der Waals surface area (Å²) in [6.07, 6.45) is 7.48. The lowest BCUT2D eigenvalue weighted by atomic mass is 10.1. The Morgan fingerprint density at radius 1 is 1.25 bits per heavy atom. The predicted molar refractivity (Wildman–Crippen MR) is 114 cm³/mol. The Hall–Kier alpha value is -3.17. The van der Waals surface area contributed by atoms with Crippen LogP contribution < -0.4 is 10.6 Å². The number of aryl methyl sites for hydroxylation is 2. The molecule has 7 heteroatoms. The van der Waals surface area contributed by atoms with Crippen molar-refractivity contribution in [1.29, 1.82) is 0 Å². The molecule has 1 amide bonds. The van der Waals surface area contributed by atoms with Gasteiger partial charge in [0.05, 0.1) is 30.6 Å². The molecular weight excluding hydrogens is 376 g/mol. The number of amides is 1. The minimum atomic E-state index is -0.494. The van der Waals surface area contributed by atoms with E-state index in [4.69, 9.17) is 11.2 Å². The Bertz CT molecular complexity index is 1040. The molecule has 2 heterocycles. The molecule has 0 radical (unpaired) electrons. The molecule has 0 atom stereocenters. The highest BCUT2D eigenvalue weighted by atomic mass is 35.5. The van der Waals surface area contributed by atoms with Crippen molar-refractivity contribution in [2.45, 2.75) is 26.8 Å². The van der Waals surface area contributed by atoms with Crippen molar-refractivity contribution in [3.63, 3.8) is 0 Å². The third kappa shape index (κ3) is 4.21. The van der Waals surface area contributed by atoms with Crippen LogP contribution in [0.4, 0.5) is 16.2 Å². The fourth-order valence-electron chi connectivity index (χ4n) is 3.08. The largest absolute Gasteiger partial charge is 0.453 e. The van der Waals surface area contributed by atoms with Crippen LogP contribution in [0.3, 0.4) is 0 Å². The number of benzene rings is 1. The third-order valence-electron chi connectivity index (χ3n) is 4.51. The van der Waals surface area contributed by atoms with Crippen molar-refractivity contribution in [1.82, 2.24) is 9.38 Å². The number of rotatable bonds is 5. The number of hydrogen-bond acceptors (Lipinski definition) is 4. The average molecular weight is 399 g/mol. The van der Waals surface area contributed by atoms with E-state index in [9.17, 15) is 4.79 Å². The van der Waals surface area contributed by atoms with Gasteiger partial charge in [0.1, 0.15) is 0 Å². The maximum absolute atomic E-state index is 11.6. The lowest BCUT2D eigenvalue weighted by Crippen LogP contribution is -2.14. The summed E-state index contributed by atoms with van der Waals surface area (Å²) in [7, 11) is 1.35. The van der Waals surface area contributed by atoms with Gasteiger partial charge in [-0.25, -0.2) is 9.78 Å². The fourth-order valence-corrected chi connectivity index (χ4v) is 3.08. The molecule has 2 aromatic heterocycles. The summed E-state index contributed by atoms with van der Waals surface area (Å²) < 4.78 is 6.73. The maximum Gasteiger partial charge on any atom is 0.411 e. The number of nitrogens with one attached hydrogen (secondary N) is 2. The summed E-state index contributed by atoms with van der Waals surface area (Å²) in [6.45, 7) is 4.50. The molecule has 0 unspecified atom stereocenters. The van der Waals surface area contributed by atoms with Crippen molar-refractivity contribution < 1.29 is 9.53 Å². The molecule has 3 aromatic rings. The van der Waals surface area contributed by atoms with Crippen LogP contribution in [-0.2, 0) is 17.7 Å². The smallest absolute Gasteiger partial charge is 0.411 e. The number of pyridine rings is 1. The number of anilines is 2. The normalized spacial score (nSPS) is 10.1. The highest BCUT2D eigenvalue weighted by Gasteiger charge is 2.13. The van der Waals surface area contributed by atoms with E-state index in [0.29, 0.717) is 18.7 Å². The van der Waals surface area contributed by atoms with Crippen LogP contribution in [0.2, 0.25) is 0 Å². The second-order valence-electron chi connectivity index (χ2n) is 6.21. The van der Waals surface area contributed by atoms with Gasteiger partial charge in [0.25, 0.3) is 0 Å². The molecular formula is C21H23ClN4O2. The summed E-state index contributed by atoms with van der Waals surface area (Å²) in [4.78, 5) is 16.3. The Kier molecular flexibility index (Phi) is 6.91. The van der Waals surface area contributed by atoms with Crippen LogP contribution in [0.5, 0.6) is 0 Å². The molecule has 0 aliphatic heterocycles. The SMILES string of the molecule is C#CCc1c(C)nc2c(NCc3c(C)cccc3NC(=O)OC)cccn12.Cl. The zero-order valence-corrected chi connectivity index (χ0v) is 16.9. The van der Waals surface area contributed by atoms with E-state index in [1.807, 2.05) is 54.8 Å². The van der Waals surface area contributed by atoms with Crippen LogP contribution in [-0.4, -0.2) is 22.6 Å². The number of carbonyl (C=O) groups excluding carboxylic acids is 1. The third-order valence-corrected chi connectivity index (χ3v) is 4.51. The molecule has 3 rings (SSSR count). The van der Waals surface area contributed by atoms with Crippen LogP contribution in [0.1, 0.15) is 22.5 Å². The molecule has 28 heavy (non-hydrogen) atoms. The molecule has 6 nitrogen and oxygen atoms in total. The summed E-state index contributed by atoms with van der Waals surface area (Å²) in [5, 5.41) is 6.19. The van der Waals surface area contributed by atoms with Crippen molar-refractivity contribution in [3.8, 4) is 12.3 Å². The van der Waals surface area contributed by atoms with Gasteiger partial charge in [0.2, 0.25) is 0 Å². The first-order chi connectivity index (χ1) is 13.0. The maximum atomic E-state index is 11.6. The molecule has 0 aliphatic carbocycles. The molecule has 146 valence electrons. The fraction of sp³-hybridized carbons (Fsp3) is 0.238. The average Bonchev–Trinajstić information content (AvgIpc) is 2.98. The Balaban J connectivity index is 0.00000280. The van der Waals surface area contributed by atoms with Gasteiger partial charge < -0.3 is 14.5 Å². The predicted octanol–water partition coefficient (Wildman–Crippen LogP) is 4.34. The zero-order chi connectivity index (χ0) is 19.4. The molecule has 0 bridgehead atoms. The second kappa shape index (κ2) is 9.16. The summed E-state index contributed by atoms with van der Waals surface area (Å²) in [6, 6.07) is 9.70. The number of aromatic nitrogens is 2. The zero-order valence-electron chi connectivity index (χ0n) is 16.1. The van der Waals surface area contributed by atoms with Crippen LogP contribution >= 0.6 is 12.4 Å². The molecule has 1 aromatic carbocycles. The minimum absolute atomic E-state index is 0. The number of ether oxygens (including phenoxy) is 1. The Morgan fingerprint density at radius 3 is 2.71 bits per heavy atom. The van der Waals surface area contributed by atoms with Crippen LogP contribution in [0, 0.1) is 26.2 Å². The van der Waals surface area contributed by atoms with E-state index in [-0.39, 0.29) is 12.4 Å². The number of terminal acetylenes is 1. The Labute approximate surface area is 170 Å². The summed E-state index contributed by atoms with van der Waals surface area (Å²) >= 11 is 0. The standard InChI is InChI=1S/C21H22N4O2.ClH/c1-5-8-19-15(3)23-20-18(11-7-12-25(19)20)22-13-16-14(2)9-6-10-17(16)24-21(26)27-4;/h1,6-7,9-12,22H,8,13H2,2-4H3,(H,24,26);1H. The highest BCUT2D eigenvalue weighted by molar-refractivity contribution is 5.86. The van der Waals surface area contributed by atoms with E-state index in [1.165, 1.54) is 7.11 Å². The molecule has 0 saturated heterocycles. The molecule has 0 saturated carbocycles. The first kappa shape index (κ1) is 21.1. The number of methoxy groups -OCH3 is 1. The van der Waals surface area contributed by atoms with Gasteiger partial charge in [-0.15, -0.1) is 24.8 Å². The van der Waals surface area contributed by atoms with E-state index < -0.39 is 6.09 Å². The number of nitrogens with zero attached hydrogens (tertiary/aromatic N) is 2. The molecule has 0 aliphatic rings. The van der Waals surface area contributed by atoms with Gasteiger partial charge in [-0.05, 0) is 43.2 Å². The second-order valence-corrected chi connectivity index (χ2v) is 6.21. The number of carbonyl (C=O) groups is 1. The number of fused-ring (bicyclic) bond motifs is 1. The highest BCUT2D eigenvalue weighted by Crippen LogP contribution is 2.24. The van der Waals surface area contributed by atoms with E-state index >= 15 is 0 Å². The topological polar surface area (TPSA) is 67.7 Å². The van der Waals surface area contributed by atoms with Gasteiger partial charge in [-0.2, -0.15) is 0 Å². The van der Waals surface area contributed by atoms with Gasteiger partial charge in [-0.1, -0.05) is 12.1 Å².